The van der Waals surface area contributed by atoms with Gasteiger partial charge in [-0.2, -0.15) is 5.10 Å². The molecule has 1 aliphatic heterocycles. The van der Waals surface area contributed by atoms with Gasteiger partial charge < -0.3 is 15.2 Å². The molecule has 0 amide bonds. The van der Waals surface area contributed by atoms with Gasteiger partial charge in [-0.3, -0.25) is 0 Å². The van der Waals surface area contributed by atoms with Crippen molar-refractivity contribution in [3.8, 4) is 0 Å². The first kappa shape index (κ1) is 13.9. The highest BCUT2D eigenvalue weighted by Gasteiger charge is 2.21. The second kappa shape index (κ2) is 5.77. The quantitative estimate of drug-likeness (QED) is 0.819. The van der Waals surface area contributed by atoms with E-state index in [0.717, 1.165) is 35.4 Å². The van der Waals surface area contributed by atoms with Crippen LogP contribution in [0.5, 0.6) is 0 Å². The van der Waals surface area contributed by atoms with Crippen LogP contribution in [-0.2, 0) is 6.54 Å². The van der Waals surface area contributed by atoms with Crippen molar-refractivity contribution in [3.05, 3.63) is 53.4 Å². The minimum absolute atomic E-state index is 0.117. The summed E-state index contributed by atoms with van der Waals surface area (Å²) in [6.45, 7) is 1.61. The second-order valence-electron chi connectivity index (χ2n) is 5.56. The molecule has 21 heavy (non-hydrogen) atoms. The van der Waals surface area contributed by atoms with Crippen LogP contribution in [0.1, 0.15) is 17.5 Å². The summed E-state index contributed by atoms with van der Waals surface area (Å²) < 4.78 is 1.78. The molecule has 6 nitrogen and oxygen atoms in total. The number of hydroxylamine groups is 1. The average Bonchev–Trinajstić information content (AvgIpc) is 3.05. The van der Waals surface area contributed by atoms with Gasteiger partial charge >= 0.3 is 0 Å². The number of fused-ring (bicyclic) bond motifs is 1. The lowest BCUT2D eigenvalue weighted by Gasteiger charge is -2.13. The van der Waals surface area contributed by atoms with E-state index in [0.29, 0.717) is 6.54 Å². The van der Waals surface area contributed by atoms with E-state index in [2.05, 4.69) is 21.0 Å². The van der Waals surface area contributed by atoms with Gasteiger partial charge in [0.25, 0.3) is 0 Å². The summed E-state index contributed by atoms with van der Waals surface area (Å²) in [6, 6.07) is 6.01. The predicted molar refractivity (Wildman–Crippen MR) is 80.7 cm³/mol. The molecule has 2 heterocycles. The molecule has 0 radical (unpaired) electrons. The van der Waals surface area contributed by atoms with E-state index >= 15 is 0 Å². The molecule has 1 unspecified atom stereocenters. The predicted octanol–water partition coefficient (Wildman–Crippen LogP) is 0.647. The van der Waals surface area contributed by atoms with Crippen LogP contribution in [0.15, 0.2) is 37.1 Å². The Hall–Kier alpha value is -2.02. The fourth-order valence-corrected chi connectivity index (χ4v) is 2.54. The molecule has 1 N–H and O–H groups in total. The largest absolute Gasteiger partial charge is 0.624 e. The smallest absolute Gasteiger partial charge is 0.143 e. The number of rotatable bonds is 5. The van der Waals surface area contributed by atoms with Crippen LogP contribution in [0.25, 0.3) is 5.57 Å². The minimum Gasteiger partial charge on any atom is -0.624 e. The molecule has 1 aromatic heterocycles. The van der Waals surface area contributed by atoms with Gasteiger partial charge in [0, 0.05) is 23.7 Å². The fraction of sp³-hybridized carbons (Fsp3) is 0.333. The number of benzene rings is 1. The van der Waals surface area contributed by atoms with Gasteiger partial charge in [0.15, 0.2) is 0 Å². The van der Waals surface area contributed by atoms with Gasteiger partial charge in [-0.05, 0) is 32.1 Å². The maximum absolute atomic E-state index is 12.0. The van der Waals surface area contributed by atoms with Gasteiger partial charge in [-0.15, -0.1) is 0 Å². The van der Waals surface area contributed by atoms with Crippen LogP contribution in [-0.4, -0.2) is 40.3 Å². The molecule has 6 heteroatoms. The van der Waals surface area contributed by atoms with E-state index < -0.39 is 0 Å². The van der Waals surface area contributed by atoms with Crippen LogP contribution in [0.4, 0.5) is 5.69 Å². The van der Waals surface area contributed by atoms with Gasteiger partial charge in [-0.25, -0.2) is 9.67 Å². The van der Waals surface area contributed by atoms with E-state index in [1.165, 1.54) is 6.33 Å². The van der Waals surface area contributed by atoms with Gasteiger partial charge in [-0.1, -0.05) is 6.07 Å². The van der Waals surface area contributed by atoms with Crippen LogP contribution < -0.4 is 5.06 Å². The number of hydrogen-bond acceptors (Lipinski definition) is 4. The maximum Gasteiger partial charge on any atom is 0.143 e. The maximum atomic E-state index is 12.0. The van der Waals surface area contributed by atoms with Gasteiger partial charge in [0.2, 0.25) is 0 Å². The number of quaternary nitrogens is 1. The van der Waals surface area contributed by atoms with Crippen molar-refractivity contribution in [2.24, 2.45) is 0 Å². The van der Waals surface area contributed by atoms with Crippen LogP contribution in [0.2, 0.25) is 0 Å². The number of hydrogen-bond donors (Lipinski definition) is 1. The number of nitrogens with one attached hydrogen (secondary N) is 1. The lowest BCUT2D eigenvalue weighted by atomic mass is 10.0. The second-order valence-corrected chi connectivity index (χ2v) is 5.56. The van der Waals surface area contributed by atoms with Gasteiger partial charge in [0.1, 0.15) is 24.5 Å². The molecule has 0 saturated heterocycles. The molecule has 0 saturated carbocycles. The first-order valence-electron chi connectivity index (χ1n) is 6.99. The molecule has 1 aliphatic rings. The van der Waals surface area contributed by atoms with E-state index in [4.69, 9.17) is 0 Å². The van der Waals surface area contributed by atoms with Crippen molar-refractivity contribution in [1.29, 1.82) is 0 Å². The average molecular weight is 285 g/mol. The Labute approximate surface area is 123 Å². The SMILES string of the molecule is CN(C)CCC1=C[NH+]([O-])c2ccc(Cn3cncn3)cc21. The molecule has 3 rings (SSSR count). The van der Waals surface area contributed by atoms with Crippen molar-refractivity contribution in [2.45, 2.75) is 13.0 Å². The number of nitrogens with zero attached hydrogens (tertiary/aromatic N) is 4. The zero-order valence-electron chi connectivity index (χ0n) is 12.3. The molecule has 110 valence electrons. The van der Waals surface area contributed by atoms with Crippen molar-refractivity contribution in [2.75, 3.05) is 20.6 Å². The fourth-order valence-electron chi connectivity index (χ4n) is 2.54. The van der Waals surface area contributed by atoms with Crippen molar-refractivity contribution in [1.82, 2.24) is 19.7 Å². The number of aromatic nitrogens is 3. The summed E-state index contributed by atoms with van der Waals surface area (Å²) in [6.07, 6.45) is 5.88. The topological polar surface area (TPSA) is 61.5 Å². The Bertz CT molecular complexity index is 648. The highest BCUT2D eigenvalue weighted by molar-refractivity contribution is 5.75. The summed E-state index contributed by atoms with van der Waals surface area (Å²) in [5.41, 5.74) is 4.14. The highest BCUT2D eigenvalue weighted by atomic mass is 16.5. The first-order chi connectivity index (χ1) is 10.1. The lowest BCUT2D eigenvalue weighted by molar-refractivity contribution is -0.710. The Morgan fingerprint density at radius 1 is 1.33 bits per heavy atom. The molecule has 1 atom stereocenters. The van der Waals surface area contributed by atoms with Crippen LogP contribution >= 0.6 is 0 Å². The molecule has 0 fully saturated rings. The van der Waals surface area contributed by atoms with Crippen molar-refractivity contribution < 1.29 is 5.06 Å². The molecular formula is C15H19N5O. The third-order valence-electron chi connectivity index (χ3n) is 3.64. The summed E-state index contributed by atoms with van der Waals surface area (Å²) in [7, 11) is 4.08. The molecule has 0 spiro atoms. The molecular weight excluding hydrogens is 266 g/mol. The van der Waals surface area contributed by atoms with E-state index in [9.17, 15) is 5.21 Å². The van der Waals surface area contributed by atoms with Crippen molar-refractivity contribution in [3.63, 3.8) is 0 Å². The highest BCUT2D eigenvalue weighted by Crippen LogP contribution is 2.29. The van der Waals surface area contributed by atoms with Crippen molar-refractivity contribution >= 4 is 11.3 Å². The van der Waals surface area contributed by atoms with E-state index in [1.807, 2.05) is 26.2 Å². The first-order valence-corrected chi connectivity index (χ1v) is 6.99. The van der Waals surface area contributed by atoms with Crippen LogP contribution in [0.3, 0.4) is 0 Å². The van der Waals surface area contributed by atoms with E-state index in [-0.39, 0.29) is 5.06 Å². The summed E-state index contributed by atoms with van der Waals surface area (Å²) in [5, 5.41) is 16.3. The summed E-state index contributed by atoms with van der Waals surface area (Å²) in [4.78, 5) is 6.08. The molecule has 0 aliphatic carbocycles. The monoisotopic (exact) mass is 285 g/mol. The Kier molecular flexibility index (Phi) is 3.83. The Balaban J connectivity index is 1.83. The third kappa shape index (κ3) is 3.02. The van der Waals surface area contributed by atoms with Crippen LogP contribution in [0, 0.1) is 5.21 Å². The van der Waals surface area contributed by atoms with E-state index in [1.54, 1.807) is 17.2 Å². The standard InChI is InChI=1S/C15H19N5O/c1-18(2)6-5-13-9-20(21)15-4-3-12(7-14(13)15)8-19-11-16-10-17-19/h3-4,7,9-11,20H,5-6,8H2,1-2H3. The lowest BCUT2D eigenvalue weighted by Crippen LogP contribution is -2.95. The molecule has 0 bridgehead atoms. The van der Waals surface area contributed by atoms with Gasteiger partial charge in [0.05, 0.1) is 6.54 Å². The summed E-state index contributed by atoms with van der Waals surface area (Å²) >= 11 is 0. The molecule has 2 aromatic rings. The zero-order valence-corrected chi connectivity index (χ0v) is 12.3. The normalized spacial score (nSPS) is 17.1. The molecule has 1 aromatic carbocycles. The zero-order chi connectivity index (χ0) is 14.8. The summed E-state index contributed by atoms with van der Waals surface area (Å²) in [5.74, 6) is 0. The Morgan fingerprint density at radius 2 is 2.19 bits per heavy atom. The third-order valence-corrected chi connectivity index (χ3v) is 3.64. The minimum atomic E-state index is 0.117. The Morgan fingerprint density at radius 3 is 2.90 bits per heavy atom.